The van der Waals surface area contributed by atoms with Crippen molar-refractivity contribution in [3.05, 3.63) is 0 Å². The minimum atomic E-state index is 0.464. The van der Waals surface area contributed by atoms with Crippen molar-refractivity contribution in [1.82, 2.24) is 4.90 Å². The van der Waals surface area contributed by atoms with Crippen molar-refractivity contribution in [3.8, 4) is 0 Å². The van der Waals surface area contributed by atoms with Crippen LogP contribution in [0.1, 0.15) is 132 Å². The summed E-state index contributed by atoms with van der Waals surface area (Å²) in [7, 11) is 2.37. The van der Waals surface area contributed by atoms with E-state index in [1.54, 1.807) is 0 Å². The molecule has 0 aromatic rings. The highest BCUT2D eigenvalue weighted by atomic mass is 15.1. The van der Waals surface area contributed by atoms with Gasteiger partial charge in [-0.15, -0.1) is 0 Å². The fraction of sp³-hybridized carbons (Fsp3) is 1.00. The van der Waals surface area contributed by atoms with E-state index in [4.69, 9.17) is 0 Å². The van der Waals surface area contributed by atoms with Gasteiger partial charge in [0, 0.05) is 12.6 Å². The first-order chi connectivity index (χ1) is 13.7. The molecule has 0 aromatic carbocycles. The zero-order chi connectivity index (χ0) is 21.9. The predicted molar refractivity (Wildman–Crippen MR) is 133 cm³/mol. The summed E-state index contributed by atoms with van der Waals surface area (Å²) in [6, 6.07) is 0.706. The van der Waals surface area contributed by atoms with Crippen LogP contribution < -0.4 is 0 Å². The third-order valence-corrected chi connectivity index (χ3v) is 8.31. The minimum Gasteiger partial charge on any atom is -0.303 e. The smallest absolute Gasteiger partial charge is 0.0115 e. The van der Waals surface area contributed by atoms with Gasteiger partial charge in [0.05, 0.1) is 0 Å². The van der Waals surface area contributed by atoms with Gasteiger partial charge in [-0.2, -0.15) is 0 Å². The zero-order valence-electron chi connectivity index (χ0n) is 21.7. The average Bonchev–Trinajstić information content (AvgIpc) is 2.73. The van der Waals surface area contributed by atoms with Crippen molar-refractivity contribution >= 4 is 0 Å². The van der Waals surface area contributed by atoms with Crippen LogP contribution in [0.2, 0.25) is 0 Å². The van der Waals surface area contributed by atoms with Crippen LogP contribution >= 0.6 is 0 Å². The van der Waals surface area contributed by atoms with Crippen LogP contribution in [0, 0.1) is 29.1 Å². The van der Waals surface area contributed by atoms with E-state index >= 15 is 0 Å². The highest BCUT2D eigenvalue weighted by Crippen LogP contribution is 2.38. The molecule has 1 saturated heterocycles. The third-order valence-electron chi connectivity index (χ3n) is 8.31. The first kappa shape index (κ1) is 27.0. The molecular formula is C28H57N. The lowest BCUT2D eigenvalue weighted by atomic mass is 9.79. The van der Waals surface area contributed by atoms with Crippen molar-refractivity contribution in [3.63, 3.8) is 0 Å². The lowest BCUT2D eigenvalue weighted by molar-refractivity contribution is 0.134. The van der Waals surface area contributed by atoms with Crippen LogP contribution in [0.3, 0.4) is 0 Å². The second kappa shape index (κ2) is 14.1. The number of nitrogens with zero attached hydrogens (tertiary/aromatic N) is 1. The second-order valence-electron chi connectivity index (χ2n) is 11.8. The van der Waals surface area contributed by atoms with Crippen molar-refractivity contribution in [2.24, 2.45) is 29.1 Å². The maximum absolute atomic E-state index is 2.66. The van der Waals surface area contributed by atoms with E-state index in [1.807, 2.05) is 0 Å². The summed E-state index contributed by atoms with van der Waals surface area (Å²) in [6.45, 7) is 18.4. The van der Waals surface area contributed by atoms with Crippen molar-refractivity contribution in [2.45, 2.75) is 138 Å². The first-order valence-electron chi connectivity index (χ1n) is 13.4. The monoisotopic (exact) mass is 407 g/mol. The van der Waals surface area contributed by atoms with Gasteiger partial charge >= 0.3 is 0 Å². The molecule has 0 radical (unpaired) electrons. The van der Waals surface area contributed by atoms with Gasteiger partial charge in [-0.1, -0.05) is 99.3 Å². The van der Waals surface area contributed by atoms with Gasteiger partial charge in [-0.05, 0) is 68.7 Å². The Balaban J connectivity index is 2.52. The molecule has 0 amide bonds. The van der Waals surface area contributed by atoms with Crippen molar-refractivity contribution < 1.29 is 0 Å². The Morgan fingerprint density at radius 3 is 2.21 bits per heavy atom. The molecule has 0 bridgehead atoms. The van der Waals surface area contributed by atoms with E-state index in [0.29, 0.717) is 11.5 Å². The average molecular weight is 408 g/mol. The van der Waals surface area contributed by atoms with Crippen LogP contribution in [0.5, 0.6) is 0 Å². The van der Waals surface area contributed by atoms with Gasteiger partial charge in [0.1, 0.15) is 0 Å². The Hall–Kier alpha value is -0.0400. The molecule has 1 heteroatoms. The molecule has 1 nitrogen and oxygen atoms in total. The summed E-state index contributed by atoms with van der Waals surface area (Å²) < 4.78 is 0. The molecule has 29 heavy (non-hydrogen) atoms. The van der Waals surface area contributed by atoms with Gasteiger partial charge in [-0.3, -0.25) is 0 Å². The van der Waals surface area contributed by atoms with E-state index in [9.17, 15) is 0 Å². The SMILES string of the molecule is CCCCCC(CCCC(C)CC(C)CCC)CC1CCC(C)(C)C(C)N(C)C1. The largest absolute Gasteiger partial charge is 0.303 e. The topological polar surface area (TPSA) is 3.24 Å². The summed E-state index contributed by atoms with van der Waals surface area (Å²) in [5.41, 5.74) is 0.464. The highest BCUT2D eigenvalue weighted by molar-refractivity contribution is 4.87. The Kier molecular flexibility index (Phi) is 13.1. The van der Waals surface area contributed by atoms with E-state index in [2.05, 4.69) is 60.4 Å². The van der Waals surface area contributed by atoms with E-state index in [1.165, 1.54) is 90.0 Å². The number of likely N-dealkylation sites (tertiary alicyclic amines) is 1. The summed E-state index contributed by atoms with van der Waals surface area (Å²) in [6.07, 6.45) is 18.6. The van der Waals surface area contributed by atoms with Crippen LogP contribution in [-0.4, -0.2) is 24.5 Å². The summed E-state index contributed by atoms with van der Waals surface area (Å²) in [5, 5.41) is 0. The molecule has 1 rings (SSSR count). The van der Waals surface area contributed by atoms with Gasteiger partial charge < -0.3 is 4.90 Å². The standard InChI is InChI=1S/C28H57N/c1-9-11-12-16-26(17-13-15-24(4)20-23(3)14-10-2)21-27-18-19-28(6,7)25(5)29(8)22-27/h23-27H,9-22H2,1-8H3. The van der Waals surface area contributed by atoms with Gasteiger partial charge in [0.2, 0.25) is 0 Å². The van der Waals surface area contributed by atoms with Crippen molar-refractivity contribution in [1.29, 1.82) is 0 Å². The molecule has 174 valence electrons. The molecular weight excluding hydrogens is 350 g/mol. The molecule has 0 spiro atoms. The second-order valence-corrected chi connectivity index (χ2v) is 11.8. The minimum absolute atomic E-state index is 0.464. The lowest BCUT2D eigenvalue weighted by Gasteiger charge is -2.35. The molecule has 0 N–H and O–H groups in total. The fourth-order valence-corrected chi connectivity index (χ4v) is 5.94. The molecule has 5 atom stereocenters. The number of hydrogen-bond donors (Lipinski definition) is 0. The third kappa shape index (κ3) is 10.7. The fourth-order valence-electron chi connectivity index (χ4n) is 5.94. The van der Waals surface area contributed by atoms with Crippen LogP contribution in [0.15, 0.2) is 0 Å². The molecule has 0 aliphatic carbocycles. The number of unbranched alkanes of at least 4 members (excludes halogenated alkanes) is 2. The molecule has 1 aliphatic rings. The zero-order valence-corrected chi connectivity index (χ0v) is 21.7. The maximum Gasteiger partial charge on any atom is 0.0115 e. The first-order valence-corrected chi connectivity index (χ1v) is 13.4. The summed E-state index contributed by atoms with van der Waals surface area (Å²) in [4.78, 5) is 2.66. The van der Waals surface area contributed by atoms with Gasteiger partial charge in [-0.25, -0.2) is 0 Å². The van der Waals surface area contributed by atoms with Crippen molar-refractivity contribution in [2.75, 3.05) is 13.6 Å². The van der Waals surface area contributed by atoms with Gasteiger partial charge in [0.15, 0.2) is 0 Å². The van der Waals surface area contributed by atoms with E-state index in [-0.39, 0.29) is 0 Å². The quantitative estimate of drug-likeness (QED) is 0.260. The van der Waals surface area contributed by atoms with Gasteiger partial charge in [0.25, 0.3) is 0 Å². The molecule has 1 aliphatic heterocycles. The van der Waals surface area contributed by atoms with E-state index < -0.39 is 0 Å². The number of hydrogen-bond acceptors (Lipinski definition) is 1. The normalized spacial score (nSPS) is 26.1. The molecule has 5 unspecified atom stereocenters. The highest BCUT2D eigenvalue weighted by Gasteiger charge is 2.34. The molecule has 1 heterocycles. The van der Waals surface area contributed by atoms with Crippen LogP contribution in [0.25, 0.3) is 0 Å². The summed E-state index contributed by atoms with van der Waals surface area (Å²) >= 11 is 0. The lowest BCUT2D eigenvalue weighted by Crippen LogP contribution is -2.40. The Morgan fingerprint density at radius 2 is 1.55 bits per heavy atom. The van der Waals surface area contributed by atoms with Crippen LogP contribution in [-0.2, 0) is 0 Å². The molecule has 0 aromatic heterocycles. The molecule has 0 saturated carbocycles. The summed E-state index contributed by atoms with van der Waals surface area (Å²) in [5.74, 6) is 3.72. The molecule has 1 fully saturated rings. The Bertz CT molecular complexity index is 401. The maximum atomic E-state index is 2.66. The Morgan fingerprint density at radius 1 is 0.897 bits per heavy atom. The van der Waals surface area contributed by atoms with E-state index in [0.717, 1.165) is 23.7 Å². The van der Waals surface area contributed by atoms with Crippen LogP contribution in [0.4, 0.5) is 0 Å². The predicted octanol–water partition coefficient (Wildman–Crippen LogP) is 8.96. The number of rotatable bonds is 14. The Labute approximate surface area is 185 Å².